The Balaban J connectivity index is 1.60. The Morgan fingerprint density at radius 2 is 2.07 bits per heavy atom. The number of aryl methyl sites for hydroxylation is 1. The Morgan fingerprint density at radius 3 is 2.81 bits per heavy atom. The van der Waals surface area contributed by atoms with Gasteiger partial charge in [-0.2, -0.15) is 0 Å². The zero-order valence-corrected chi connectivity index (χ0v) is 16.4. The first-order valence-electron chi connectivity index (χ1n) is 9.03. The van der Waals surface area contributed by atoms with E-state index in [1.807, 2.05) is 23.8 Å². The second kappa shape index (κ2) is 8.47. The van der Waals surface area contributed by atoms with Crippen molar-refractivity contribution in [3.63, 3.8) is 0 Å². The lowest BCUT2D eigenvalue weighted by Crippen LogP contribution is -2.36. The normalized spacial score (nSPS) is 14.9. The van der Waals surface area contributed by atoms with Crippen molar-refractivity contribution in [1.29, 1.82) is 0 Å². The molecule has 1 amide bonds. The van der Waals surface area contributed by atoms with Crippen LogP contribution in [-0.4, -0.2) is 51.8 Å². The summed E-state index contributed by atoms with van der Waals surface area (Å²) in [5, 5.41) is 2.67. The van der Waals surface area contributed by atoms with E-state index in [-0.39, 0.29) is 24.8 Å². The average Bonchev–Trinajstić information content (AvgIpc) is 3.20. The number of nitrogens with zero attached hydrogens (tertiary/aromatic N) is 3. The van der Waals surface area contributed by atoms with E-state index in [1.54, 1.807) is 12.3 Å². The molecule has 2 aromatic rings. The molecule has 0 N–H and O–H groups in total. The third-order valence-electron chi connectivity index (χ3n) is 4.70. The van der Waals surface area contributed by atoms with Crippen LogP contribution in [0.4, 0.5) is 0 Å². The van der Waals surface area contributed by atoms with Crippen LogP contribution in [0.3, 0.4) is 0 Å². The van der Waals surface area contributed by atoms with E-state index in [2.05, 4.69) is 4.98 Å². The van der Waals surface area contributed by atoms with Gasteiger partial charge in [-0.25, -0.2) is 4.98 Å². The van der Waals surface area contributed by atoms with Crippen LogP contribution in [0.1, 0.15) is 47.4 Å². The van der Waals surface area contributed by atoms with E-state index in [0.29, 0.717) is 18.5 Å². The van der Waals surface area contributed by atoms with Crippen LogP contribution < -0.4 is 0 Å². The Morgan fingerprint density at radius 1 is 1.26 bits per heavy atom. The molecule has 0 aliphatic carbocycles. The van der Waals surface area contributed by atoms with Crippen molar-refractivity contribution >= 4 is 29.0 Å². The molecule has 27 heavy (non-hydrogen) atoms. The van der Waals surface area contributed by atoms with Crippen molar-refractivity contribution in [2.24, 2.45) is 0 Å². The molecule has 3 heterocycles. The molecular weight excluding hydrogens is 366 g/mol. The van der Waals surface area contributed by atoms with Crippen LogP contribution >= 0.6 is 11.3 Å². The van der Waals surface area contributed by atoms with Gasteiger partial charge in [-0.15, -0.1) is 11.3 Å². The lowest BCUT2D eigenvalue weighted by molar-refractivity contribution is -0.148. The zero-order chi connectivity index (χ0) is 19.4. The molecular formula is C19H23N3O4S. The third-order valence-corrected chi connectivity index (χ3v) is 5.45. The summed E-state index contributed by atoms with van der Waals surface area (Å²) < 4.78 is 7.05. The first-order chi connectivity index (χ1) is 13.0. The van der Waals surface area contributed by atoms with E-state index in [1.165, 1.54) is 16.2 Å². The lowest BCUT2D eigenvalue weighted by Gasteiger charge is -2.19. The molecule has 1 fully saturated rings. The molecule has 0 saturated carbocycles. The highest BCUT2D eigenvalue weighted by molar-refractivity contribution is 7.12. The number of carbonyl (C=O) groups excluding carboxylic acids is 3. The minimum absolute atomic E-state index is 0.0252. The summed E-state index contributed by atoms with van der Waals surface area (Å²) in [6.07, 6.45) is 4.92. The third kappa shape index (κ3) is 4.44. The van der Waals surface area contributed by atoms with E-state index in [9.17, 15) is 14.4 Å². The van der Waals surface area contributed by atoms with Gasteiger partial charge < -0.3 is 9.64 Å². The summed E-state index contributed by atoms with van der Waals surface area (Å²) in [6.45, 7) is 3.89. The summed E-state index contributed by atoms with van der Waals surface area (Å²) in [4.78, 5) is 42.3. The number of Topliss-reactive ketones (excluding diaryl/α,β-unsaturated/α-hetero) is 1. The highest BCUT2D eigenvalue weighted by atomic mass is 32.1. The van der Waals surface area contributed by atoms with Crippen molar-refractivity contribution in [2.75, 3.05) is 19.7 Å². The van der Waals surface area contributed by atoms with Crippen molar-refractivity contribution in [3.05, 3.63) is 34.6 Å². The standard InChI is InChI=1S/C19H23N3O4S/c1-13-10-15(14(2)22(13)19-20-7-9-27-19)16(23)12-26-18(25)11-21-8-5-3-4-6-17(21)24/h7,9-10H,3-6,8,11-12H2,1-2H3. The molecule has 7 nitrogen and oxygen atoms in total. The van der Waals surface area contributed by atoms with E-state index in [0.717, 1.165) is 35.8 Å². The number of thiazole rings is 1. The SMILES string of the molecule is Cc1cc(C(=O)COC(=O)CN2CCCCCC2=O)c(C)n1-c1nccs1. The molecule has 144 valence electrons. The number of aromatic nitrogens is 2. The van der Waals surface area contributed by atoms with Crippen LogP contribution in [0.5, 0.6) is 0 Å². The van der Waals surface area contributed by atoms with Gasteiger partial charge in [0.05, 0.1) is 0 Å². The molecule has 1 aliphatic heterocycles. The van der Waals surface area contributed by atoms with Crippen molar-refractivity contribution < 1.29 is 19.1 Å². The summed E-state index contributed by atoms with van der Waals surface area (Å²) in [5.74, 6) is -0.837. The van der Waals surface area contributed by atoms with Crippen LogP contribution in [0.2, 0.25) is 0 Å². The predicted molar refractivity (Wildman–Crippen MR) is 101 cm³/mol. The first kappa shape index (κ1) is 19.3. The monoisotopic (exact) mass is 389 g/mol. The summed E-state index contributed by atoms with van der Waals surface area (Å²) in [7, 11) is 0. The minimum atomic E-state index is -0.549. The number of esters is 1. The van der Waals surface area contributed by atoms with Gasteiger partial charge in [-0.3, -0.25) is 19.0 Å². The molecule has 8 heteroatoms. The number of ketones is 1. The Bertz CT molecular complexity index is 842. The highest BCUT2D eigenvalue weighted by Crippen LogP contribution is 2.22. The van der Waals surface area contributed by atoms with Crippen LogP contribution in [0.25, 0.3) is 5.13 Å². The van der Waals surface area contributed by atoms with Crippen molar-refractivity contribution in [2.45, 2.75) is 39.5 Å². The van der Waals surface area contributed by atoms with Crippen molar-refractivity contribution in [3.8, 4) is 5.13 Å². The van der Waals surface area contributed by atoms with Gasteiger partial charge in [0.2, 0.25) is 11.7 Å². The number of likely N-dealkylation sites (tertiary alicyclic amines) is 1. The van der Waals surface area contributed by atoms with E-state index in [4.69, 9.17) is 4.74 Å². The molecule has 2 aromatic heterocycles. The topological polar surface area (TPSA) is 81.5 Å². The van der Waals surface area contributed by atoms with E-state index < -0.39 is 5.97 Å². The van der Waals surface area contributed by atoms with Crippen LogP contribution in [0, 0.1) is 13.8 Å². The molecule has 0 bridgehead atoms. The van der Waals surface area contributed by atoms with Gasteiger partial charge >= 0.3 is 5.97 Å². The van der Waals surface area contributed by atoms with Crippen molar-refractivity contribution in [1.82, 2.24) is 14.5 Å². The summed E-state index contributed by atoms with van der Waals surface area (Å²) in [6, 6.07) is 1.78. The van der Waals surface area contributed by atoms with Gasteiger partial charge in [-0.1, -0.05) is 6.42 Å². The molecule has 0 atom stereocenters. The number of amides is 1. The number of hydrogen-bond donors (Lipinski definition) is 0. The van der Waals surface area contributed by atoms with Gasteiger partial charge in [0.1, 0.15) is 6.54 Å². The molecule has 0 spiro atoms. The average molecular weight is 389 g/mol. The molecule has 0 aromatic carbocycles. The molecule has 0 unspecified atom stereocenters. The van der Waals surface area contributed by atoms with E-state index >= 15 is 0 Å². The maximum absolute atomic E-state index is 12.5. The zero-order valence-electron chi connectivity index (χ0n) is 15.6. The molecule has 1 aliphatic rings. The summed E-state index contributed by atoms with van der Waals surface area (Å²) in [5.41, 5.74) is 2.18. The predicted octanol–water partition coefficient (Wildman–Crippen LogP) is 2.68. The summed E-state index contributed by atoms with van der Waals surface area (Å²) >= 11 is 1.49. The fourth-order valence-corrected chi connectivity index (χ4v) is 4.05. The van der Waals surface area contributed by atoms with Gasteiger partial charge in [0, 0.05) is 41.5 Å². The Kier molecular flexibility index (Phi) is 6.05. The van der Waals surface area contributed by atoms with Gasteiger partial charge in [-0.05, 0) is 32.8 Å². The number of rotatable bonds is 6. The molecule has 3 rings (SSSR count). The molecule has 1 saturated heterocycles. The smallest absolute Gasteiger partial charge is 0.326 e. The largest absolute Gasteiger partial charge is 0.456 e. The fraction of sp³-hybridized carbons (Fsp3) is 0.474. The molecule has 0 radical (unpaired) electrons. The Labute approximate surface area is 161 Å². The number of ether oxygens (including phenoxy) is 1. The second-order valence-corrected chi connectivity index (χ2v) is 7.52. The van der Waals surface area contributed by atoms with Crippen LogP contribution in [0.15, 0.2) is 17.6 Å². The minimum Gasteiger partial charge on any atom is -0.456 e. The quantitative estimate of drug-likeness (QED) is 0.560. The first-order valence-corrected chi connectivity index (χ1v) is 9.90. The lowest BCUT2D eigenvalue weighted by atomic mass is 10.1. The number of carbonyl (C=O) groups is 3. The maximum Gasteiger partial charge on any atom is 0.326 e. The van der Waals surface area contributed by atoms with Gasteiger partial charge in [0.25, 0.3) is 0 Å². The second-order valence-electron chi connectivity index (χ2n) is 6.64. The Hall–Kier alpha value is -2.48. The maximum atomic E-state index is 12.5. The fourth-order valence-electron chi connectivity index (χ4n) is 3.30. The van der Waals surface area contributed by atoms with Crippen LogP contribution in [-0.2, 0) is 14.3 Å². The highest BCUT2D eigenvalue weighted by Gasteiger charge is 2.22. The number of hydrogen-bond acceptors (Lipinski definition) is 6. The van der Waals surface area contributed by atoms with Gasteiger partial charge in [0.15, 0.2) is 11.7 Å².